The number of piperidine rings is 1. The molecule has 0 bridgehead atoms. The van der Waals surface area contributed by atoms with Gasteiger partial charge >= 0.3 is 5.63 Å². The van der Waals surface area contributed by atoms with E-state index in [4.69, 9.17) is 8.83 Å². The van der Waals surface area contributed by atoms with Crippen molar-refractivity contribution in [2.75, 3.05) is 23.3 Å². The topological polar surface area (TPSA) is 58.6 Å². The molecule has 1 saturated heterocycles. The van der Waals surface area contributed by atoms with Gasteiger partial charge in [-0.3, -0.25) is 0 Å². The van der Waals surface area contributed by atoms with Crippen LogP contribution in [0.4, 0.5) is 17.1 Å². The highest BCUT2D eigenvalue weighted by Gasteiger charge is 2.16. The third kappa shape index (κ3) is 2.95. The van der Waals surface area contributed by atoms with E-state index in [2.05, 4.69) is 28.4 Å². The van der Waals surface area contributed by atoms with Gasteiger partial charge in [-0.25, -0.2) is 4.79 Å². The van der Waals surface area contributed by atoms with Crippen molar-refractivity contribution in [2.24, 2.45) is 0 Å². The summed E-state index contributed by atoms with van der Waals surface area (Å²) in [5, 5.41) is 5.38. The van der Waals surface area contributed by atoms with Crippen LogP contribution in [0.15, 0.2) is 68.4 Å². The lowest BCUT2D eigenvalue weighted by molar-refractivity contribution is 0.559. The second-order valence-corrected chi connectivity index (χ2v) is 6.98. The maximum absolute atomic E-state index is 11.4. The summed E-state index contributed by atoms with van der Waals surface area (Å²) in [5.41, 5.74) is 4.06. The van der Waals surface area contributed by atoms with E-state index in [-0.39, 0.29) is 5.63 Å². The zero-order valence-electron chi connectivity index (χ0n) is 14.9. The minimum absolute atomic E-state index is 0.359. The van der Waals surface area contributed by atoms with Gasteiger partial charge in [0, 0.05) is 36.0 Å². The summed E-state index contributed by atoms with van der Waals surface area (Å²) in [5.74, 6) is 0. The molecule has 1 N–H and O–H groups in total. The molecule has 136 valence electrons. The number of para-hydroxylation sites is 2. The minimum atomic E-state index is -0.359. The third-order valence-corrected chi connectivity index (χ3v) is 5.19. The Kier molecular flexibility index (Phi) is 3.85. The number of nitrogens with one attached hydrogen (secondary N) is 1. The Bertz CT molecular complexity index is 1170. The van der Waals surface area contributed by atoms with Gasteiger partial charge in [-0.1, -0.05) is 12.1 Å². The van der Waals surface area contributed by atoms with Crippen molar-refractivity contribution in [1.29, 1.82) is 0 Å². The number of hydrogen-bond donors (Lipinski definition) is 1. The van der Waals surface area contributed by atoms with Crippen molar-refractivity contribution >= 4 is 39.0 Å². The van der Waals surface area contributed by atoms with E-state index in [1.54, 1.807) is 18.4 Å². The standard InChI is InChI=1S/C22H20N2O3/c25-22-9-8-15-12-16-18(14-26-21(16)13-20(15)27-22)23-17-6-2-3-7-19(17)24-10-4-1-5-11-24/h2-3,6-9,12-14,23H,1,4-5,10-11H2. The molecule has 1 fully saturated rings. The Labute approximate surface area is 156 Å². The van der Waals surface area contributed by atoms with Crippen molar-refractivity contribution < 1.29 is 8.83 Å². The molecule has 0 atom stereocenters. The maximum Gasteiger partial charge on any atom is 0.336 e. The summed E-state index contributed by atoms with van der Waals surface area (Å²) < 4.78 is 11.0. The van der Waals surface area contributed by atoms with Gasteiger partial charge in [0.05, 0.1) is 17.1 Å². The normalized spacial score (nSPS) is 14.7. The largest absolute Gasteiger partial charge is 0.462 e. The zero-order chi connectivity index (χ0) is 18.2. The summed E-state index contributed by atoms with van der Waals surface area (Å²) in [4.78, 5) is 13.9. The number of rotatable bonds is 3. The maximum atomic E-state index is 11.4. The number of fused-ring (bicyclic) bond motifs is 2. The molecule has 2 aromatic carbocycles. The third-order valence-electron chi connectivity index (χ3n) is 5.19. The average molecular weight is 360 g/mol. The molecule has 0 radical (unpaired) electrons. The van der Waals surface area contributed by atoms with E-state index in [9.17, 15) is 4.79 Å². The second-order valence-electron chi connectivity index (χ2n) is 6.98. The number of furan rings is 1. The molecule has 0 amide bonds. The molecule has 2 aromatic heterocycles. The van der Waals surface area contributed by atoms with Gasteiger partial charge in [0.1, 0.15) is 17.4 Å². The lowest BCUT2D eigenvalue weighted by Crippen LogP contribution is -2.29. The Morgan fingerprint density at radius 1 is 0.889 bits per heavy atom. The van der Waals surface area contributed by atoms with Crippen molar-refractivity contribution in [3.05, 3.63) is 65.2 Å². The number of hydrogen-bond acceptors (Lipinski definition) is 5. The molecule has 27 heavy (non-hydrogen) atoms. The summed E-state index contributed by atoms with van der Waals surface area (Å²) in [6.07, 6.45) is 5.50. The van der Waals surface area contributed by atoms with Gasteiger partial charge in [0.25, 0.3) is 0 Å². The Morgan fingerprint density at radius 3 is 2.63 bits per heavy atom. The smallest absolute Gasteiger partial charge is 0.336 e. The summed E-state index contributed by atoms with van der Waals surface area (Å²) in [7, 11) is 0. The van der Waals surface area contributed by atoms with Gasteiger partial charge in [0.2, 0.25) is 0 Å². The van der Waals surface area contributed by atoms with Crippen LogP contribution in [0, 0.1) is 0 Å². The van der Waals surface area contributed by atoms with Crippen molar-refractivity contribution in [1.82, 2.24) is 0 Å². The van der Waals surface area contributed by atoms with Gasteiger partial charge in [-0.05, 0) is 43.5 Å². The quantitative estimate of drug-likeness (QED) is 0.504. The molecule has 0 unspecified atom stereocenters. The average Bonchev–Trinajstić information content (AvgIpc) is 3.09. The SMILES string of the molecule is O=c1ccc2cc3c(Nc4ccccc4N4CCCCC4)coc3cc2o1. The monoisotopic (exact) mass is 360 g/mol. The van der Waals surface area contributed by atoms with E-state index < -0.39 is 0 Å². The van der Waals surface area contributed by atoms with Crippen molar-refractivity contribution in [3.63, 3.8) is 0 Å². The van der Waals surface area contributed by atoms with Crippen molar-refractivity contribution in [2.45, 2.75) is 19.3 Å². The highest BCUT2D eigenvalue weighted by atomic mass is 16.4. The lowest BCUT2D eigenvalue weighted by atomic mass is 10.1. The molecular formula is C22H20N2O3. The van der Waals surface area contributed by atoms with E-state index in [0.29, 0.717) is 11.2 Å². The van der Waals surface area contributed by atoms with Crippen LogP contribution in [-0.4, -0.2) is 13.1 Å². The van der Waals surface area contributed by atoms with Crippen LogP contribution in [0.25, 0.3) is 21.9 Å². The minimum Gasteiger partial charge on any atom is -0.462 e. The molecule has 4 aromatic rings. The van der Waals surface area contributed by atoms with E-state index in [0.717, 1.165) is 35.2 Å². The summed E-state index contributed by atoms with van der Waals surface area (Å²) >= 11 is 0. The first-order valence-corrected chi connectivity index (χ1v) is 9.34. The van der Waals surface area contributed by atoms with E-state index in [1.807, 2.05) is 12.1 Å². The van der Waals surface area contributed by atoms with Gasteiger partial charge in [0.15, 0.2) is 0 Å². The molecule has 3 heterocycles. The first kappa shape index (κ1) is 16.0. The van der Waals surface area contributed by atoms with E-state index in [1.165, 1.54) is 31.0 Å². The van der Waals surface area contributed by atoms with Gasteiger partial charge < -0.3 is 19.1 Å². The fourth-order valence-corrected chi connectivity index (χ4v) is 3.82. The van der Waals surface area contributed by atoms with Crippen LogP contribution in [-0.2, 0) is 0 Å². The van der Waals surface area contributed by atoms with Crippen LogP contribution in [0.5, 0.6) is 0 Å². The Morgan fingerprint density at radius 2 is 1.74 bits per heavy atom. The second kappa shape index (κ2) is 6.50. The predicted molar refractivity (Wildman–Crippen MR) is 108 cm³/mol. The van der Waals surface area contributed by atoms with Crippen LogP contribution in [0.1, 0.15) is 19.3 Å². The lowest BCUT2D eigenvalue weighted by Gasteiger charge is -2.30. The first-order valence-electron chi connectivity index (χ1n) is 9.34. The van der Waals surface area contributed by atoms with Gasteiger partial charge in [-0.2, -0.15) is 0 Å². The number of anilines is 3. The molecule has 5 heteroatoms. The molecule has 1 aliphatic rings. The number of nitrogens with zero attached hydrogens (tertiary/aromatic N) is 1. The molecule has 5 rings (SSSR count). The molecule has 0 spiro atoms. The molecule has 1 aliphatic heterocycles. The highest BCUT2D eigenvalue weighted by molar-refractivity contribution is 6.01. The zero-order valence-corrected chi connectivity index (χ0v) is 14.9. The fourth-order valence-electron chi connectivity index (χ4n) is 3.82. The van der Waals surface area contributed by atoms with Crippen LogP contribution >= 0.6 is 0 Å². The summed E-state index contributed by atoms with van der Waals surface area (Å²) in [6.45, 7) is 2.18. The molecule has 5 nitrogen and oxygen atoms in total. The Balaban J connectivity index is 1.55. The first-order chi connectivity index (χ1) is 13.3. The van der Waals surface area contributed by atoms with Crippen LogP contribution < -0.4 is 15.8 Å². The van der Waals surface area contributed by atoms with Crippen LogP contribution in [0.3, 0.4) is 0 Å². The molecule has 0 aliphatic carbocycles. The fraction of sp³-hybridized carbons (Fsp3) is 0.227. The van der Waals surface area contributed by atoms with Crippen molar-refractivity contribution in [3.8, 4) is 0 Å². The molecule has 0 saturated carbocycles. The molecular weight excluding hydrogens is 340 g/mol. The highest BCUT2D eigenvalue weighted by Crippen LogP contribution is 2.35. The Hall–Kier alpha value is -3.21. The van der Waals surface area contributed by atoms with Gasteiger partial charge in [-0.15, -0.1) is 0 Å². The van der Waals surface area contributed by atoms with Crippen LogP contribution in [0.2, 0.25) is 0 Å². The van der Waals surface area contributed by atoms with E-state index >= 15 is 0 Å². The number of benzene rings is 2. The predicted octanol–water partition coefficient (Wildman–Crippen LogP) is 5.27. The summed E-state index contributed by atoms with van der Waals surface area (Å²) in [6, 6.07) is 15.4.